The third-order valence-electron chi connectivity index (χ3n) is 11.5. The molecule has 9 heteroatoms. The molecule has 4 saturated carbocycles. The molecule has 0 saturated heterocycles. The SMILES string of the molecule is CC(CO)CCCC(C)C1CC(OS(=O)(=O)O)C2C3CC(O)C4(O)CC(O)CCC4(C)C3CCC12C. The van der Waals surface area contributed by atoms with Gasteiger partial charge in [-0.15, -0.1) is 0 Å². The quantitative estimate of drug-likeness (QED) is 0.299. The highest BCUT2D eigenvalue weighted by Crippen LogP contribution is 2.69. The maximum atomic E-state index is 11.9. The summed E-state index contributed by atoms with van der Waals surface area (Å²) < 4.78 is 38.9. The van der Waals surface area contributed by atoms with Crippen LogP contribution in [0.2, 0.25) is 0 Å². The van der Waals surface area contributed by atoms with E-state index in [0.29, 0.717) is 31.6 Å². The van der Waals surface area contributed by atoms with Crippen LogP contribution in [0.3, 0.4) is 0 Å². The first-order valence-electron chi connectivity index (χ1n) is 14.0. The van der Waals surface area contributed by atoms with Crippen molar-refractivity contribution < 1.29 is 37.6 Å². The zero-order valence-electron chi connectivity index (χ0n) is 22.3. The standard InChI is InChI=1S/C27H48O8S/c1-16(15-28)6-5-7-17(2)21-13-22(35-36(32,33)34)24-19-12-23(30)27(31)14-18(29)8-11-26(27,4)20(19)9-10-25(21,24)3/h16-24,28-31H,5-15H2,1-4H3,(H,32,33,34). The van der Waals surface area contributed by atoms with Crippen molar-refractivity contribution in [2.75, 3.05) is 6.61 Å². The summed E-state index contributed by atoms with van der Waals surface area (Å²) in [5.74, 6) is 0.651. The molecule has 4 aliphatic carbocycles. The summed E-state index contributed by atoms with van der Waals surface area (Å²) in [6.45, 7) is 8.71. The summed E-state index contributed by atoms with van der Waals surface area (Å²) >= 11 is 0. The van der Waals surface area contributed by atoms with Crippen LogP contribution in [0.25, 0.3) is 0 Å². The van der Waals surface area contributed by atoms with E-state index >= 15 is 0 Å². The lowest BCUT2D eigenvalue weighted by atomic mass is 9.42. The highest BCUT2D eigenvalue weighted by Gasteiger charge is 2.69. The second-order valence-corrected chi connectivity index (χ2v) is 14.5. The largest absolute Gasteiger partial charge is 0.397 e. The van der Waals surface area contributed by atoms with E-state index in [-0.39, 0.29) is 48.0 Å². The normalized spacial score (nSPS) is 48.5. The van der Waals surface area contributed by atoms with E-state index in [1.165, 1.54) is 0 Å². The lowest BCUT2D eigenvalue weighted by Gasteiger charge is -2.65. The number of fused-ring (bicyclic) bond motifs is 5. The molecule has 4 fully saturated rings. The zero-order valence-corrected chi connectivity index (χ0v) is 23.2. The van der Waals surface area contributed by atoms with Gasteiger partial charge in [-0.05, 0) is 85.9 Å². The van der Waals surface area contributed by atoms with Gasteiger partial charge in [0.25, 0.3) is 0 Å². The van der Waals surface area contributed by atoms with Crippen LogP contribution < -0.4 is 0 Å². The van der Waals surface area contributed by atoms with Crippen LogP contribution in [0.15, 0.2) is 0 Å². The molecule has 0 aromatic carbocycles. The van der Waals surface area contributed by atoms with Crippen molar-refractivity contribution in [3.63, 3.8) is 0 Å². The molecular weight excluding hydrogens is 484 g/mol. The number of rotatable bonds is 8. The van der Waals surface area contributed by atoms with Crippen molar-refractivity contribution in [2.24, 2.45) is 46.3 Å². The molecule has 12 atom stereocenters. The molecule has 5 N–H and O–H groups in total. The minimum absolute atomic E-state index is 0.0439. The molecule has 0 aromatic heterocycles. The van der Waals surface area contributed by atoms with Crippen molar-refractivity contribution in [3.05, 3.63) is 0 Å². The molecule has 4 aliphatic rings. The fraction of sp³-hybridized carbons (Fsp3) is 1.00. The summed E-state index contributed by atoms with van der Waals surface area (Å²) in [6.07, 6.45) is 4.56. The Morgan fingerprint density at radius 2 is 1.75 bits per heavy atom. The third kappa shape index (κ3) is 4.80. The van der Waals surface area contributed by atoms with Crippen LogP contribution in [-0.4, -0.2) is 63.9 Å². The average molecular weight is 533 g/mol. The van der Waals surface area contributed by atoms with E-state index in [4.69, 9.17) is 4.18 Å². The Morgan fingerprint density at radius 1 is 1.06 bits per heavy atom. The minimum Gasteiger partial charge on any atom is -0.396 e. The van der Waals surface area contributed by atoms with Crippen LogP contribution >= 0.6 is 0 Å². The summed E-state index contributed by atoms with van der Waals surface area (Å²) in [6, 6.07) is 0. The lowest BCUT2D eigenvalue weighted by molar-refractivity contribution is -0.267. The number of hydrogen-bond donors (Lipinski definition) is 5. The first-order chi connectivity index (χ1) is 16.7. The molecule has 0 bridgehead atoms. The molecule has 0 heterocycles. The first kappa shape index (κ1) is 28.7. The smallest absolute Gasteiger partial charge is 0.396 e. The highest BCUT2D eigenvalue weighted by molar-refractivity contribution is 7.80. The number of hydrogen-bond acceptors (Lipinski definition) is 7. The molecule has 4 rings (SSSR count). The van der Waals surface area contributed by atoms with E-state index in [1.54, 1.807) is 0 Å². The predicted molar refractivity (Wildman–Crippen MR) is 135 cm³/mol. The Labute approximate surface area is 216 Å². The molecule has 0 radical (unpaired) electrons. The fourth-order valence-electron chi connectivity index (χ4n) is 9.56. The Balaban J connectivity index is 1.64. The van der Waals surface area contributed by atoms with Gasteiger partial charge < -0.3 is 20.4 Å². The minimum atomic E-state index is -4.65. The number of aliphatic hydroxyl groups excluding tert-OH is 3. The van der Waals surface area contributed by atoms with E-state index in [1.807, 2.05) is 13.8 Å². The second kappa shape index (κ2) is 10.0. The summed E-state index contributed by atoms with van der Waals surface area (Å²) in [5, 5.41) is 42.7. The monoisotopic (exact) mass is 532 g/mol. The molecule has 210 valence electrons. The van der Waals surface area contributed by atoms with Crippen molar-refractivity contribution >= 4 is 10.4 Å². The van der Waals surface area contributed by atoms with Crippen molar-refractivity contribution in [3.8, 4) is 0 Å². The van der Waals surface area contributed by atoms with Crippen LogP contribution in [0, 0.1) is 46.3 Å². The highest BCUT2D eigenvalue weighted by atomic mass is 32.3. The van der Waals surface area contributed by atoms with Gasteiger partial charge >= 0.3 is 10.4 Å². The molecule has 8 nitrogen and oxygen atoms in total. The molecule has 36 heavy (non-hydrogen) atoms. The van der Waals surface area contributed by atoms with Gasteiger partial charge in [-0.25, -0.2) is 4.18 Å². The van der Waals surface area contributed by atoms with Gasteiger partial charge in [0.2, 0.25) is 0 Å². The van der Waals surface area contributed by atoms with Crippen LogP contribution in [0.5, 0.6) is 0 Å². The molecule has 0 aliphatic heterocycles. The van der Waals surface area contributed by atoms with Crippen LogP contribution in [0.4, 0.5) is 0 Å². The predicted octanol–water partition coefficient (Wildman–Crippen LogP) is 3.32. The Kier molecular flexibility index (Phi) is 8.00. The van der Waals surface area contributed by atoms with E-state index in [9.17, 15) is 33.4 Å². The lowest BCUT2D eigenvalue weighted by Crippen LogP contribution is -2.69. The topological polar surface area (TPSA) is 145 Å². The first-order valence-corrected chi connectivity index (χ1v) is 15.4. The van der Waals surface area contributed by atoms with Gasteiger partial charge in [0, 0.05) is 18.4 Å². The van der Waals surface area contributed by atoms with Gasteiger partial charge in [0.05, 0.1) is 23.9 Å². The van der Waals surface area contributed by atoms with Gasteiger partial charge in [-0.3, -0.25) is 4.55 Å². The summed E-state index contributed by atoms with van der Waals surface area (Å²) in [4.78, 5) is 0. The van der Waals surface area contributed by atoms with Gasteiger partial charge in [-0.1, -0.05) is 40.5 Å². The second-order valence-electron chi connectivity index (χ2n) is 13.4. The van der Waals surface area contributed by atoms with Gasteiger partial charge in [0.1, 0.15) is 0 Å². The zero-order chi connectivity index (χ0) is 26.7. The Bertz CT molecular complexity index is 896. The maximum Gasteiger partial charge on any atom is 0.397 e. The molecule has 12 unspecified atom stereocenters. The number of aliphatic hydroxyl groups is 4. The average Bonchev–Trinajstić information content (AvgIpc) is 3.06. The van der Waals surface area contributed by atoms with Crippen molar-refractivity contribution in [2.45, 2.75) is 116 Å². The van der Waals surface area contributed by atoms with E-state index < -0.39 is 39.7 Å². The Hall–Kier alpha value is -0.290. The molecule has 0 amide bonds. The van der Waals surface area contributed by atoms with Crippen molar-refractivity contribution in [1.29, 1.82) is 0 Å². The summed E-state index contributed by atoms with van der Waals surface area (Å²) in [5.41, 5.74) is -2.16. The maximum absolute atomic E-state index is 11.9. The molecule has 0 aromatic rings. The van der Waals surface area contributed by atoms with E-state index in [0.717, 1.165) is 32.1 Å². The fourth-order valence-corrected chi connectivity index (χ4v) is 10.1. The van der Waals surface area contributed by atoms with Crippen LogP contribution in [-0.2, 0) is 14.6 Å². The van der Waals surface area contributed by atoms with Crippen LogP contribution in [0.1, 0.15) is 91.9 Å². The Morgan fingerprint density at radius 3 is 2.39 bits per heavy atom. The molecular formula is C27H48O8S. The summed E-state index contributed by atoms with van der Waals surface area (Å²) in [7, 11) is -4.65. The van der Waals surface area contributed by atoms with Crippen molar-refractivity contribution in [1.82, 2.24) is 0 Å². The third-order valence-corrected chi connectivity index (χ3v) is 12.0. The van der Waals surface area contributed by atoms with Gasteiger partial charge in [0.15, 0.2) is 0 Å². The van der Waals surface area contributed by atoms with E-state index in [2.05, 4.69) is 13.8 Å². The van der Waals surface area contributed by atoms with Gasteiger partial charge in [-0.2, -0.15) is 8.42 Å². The molecule has 0 spiro atoms.